The first kappa shape index (κ1) is 15.8. The van der Waals surface area contributed by atoms with Crippen LogP contribution in [0.5, 0.6) is 0 Å². The van der Waals surface area contributed by atoms with Crippen LogP contribution in [0.15, 0.2) is 48.4 Å². The van der Waals surface area contributed by atoms with E-state index < -0.39 is 0 Å². The number of unbranched alkanes of at least 4 members (excludes halogenated alkanes) is 1. The Labute approximate surface area is 185 Å². The van der Waals surface area contributed by atoms with E-state index in [-0.39, 0.29) is 59.4 Å². The van der Waals surface area contributed by atoms with Crippen molar-refractivity contribution >= 4 is 11.6 Å². The quantitative estimate of drug-likeness (QED) is 0.439. The summed E-state index contributed by atoms with van der Waals surface area (Å²) in [6, 6.07) is 6.26. The van der Waals surface area contributed by atoms with Crippen LogP contribution >= 0.6 is 11.6 Å². The van der Waals surface area contributed by atoms with Crippen molar-refractivity contribution < 1.29 is 10.6 Å². The first-order valence-corrected chi connectivity index (χ1v) is 10.0. The number of hydrogen-bond donors (Lipinski definition) is 2. The number of aromatic amines is 1. The maximum Gasteiger partial charge on any atom is 0.205 e. The fourth-order valence-electron chi connectivity index (χ4n) is 3.25. The van der Waals surface area contributed by atoms with Gasteiger partial charge in [-0.05, 0) is 28.3 Å². The zero-order valence-corrected chi connectivity index (χ0v) is 17.2. The Kier molecular flexibility index (Phi) is 4.83. The lowest BCUT2D eigenvalue weighted by Gasteiger charge is -2.12. The topological polar surface area (TPSA) is 92.5 Å². The van der Waals surface area contributed by atoms with E-state index in [1.54, 1.807) is 28.8 Å². The molecule has 0 amide bonds. The number of H-pyrrole nitrogens is 1. The highest BCUT2D eigenvalue weighted by atomic mass is 35.5. The first-order valence-electron chi connectivity index (χ1n) is 11.7. The van der Waals surface area contributed by atoms with Gasteiger partial charge in [0.1, 0.15) is 5.82 Å². The number of imidazole rings is 1. The van der Waals surface area contributed by atoms with Crippen molar-refractivity contribution in [2.24, 2.45) is 0 Å². The zero-order valence-electron chi connectivity index (χ0n) is 20.4. The molecule has 0 aliphatic carbocycles. The Bertz CT molecular complexity index is 1300. The molecule has 2 heterocycles. The van der Waals surface area contributed by atoms with Crippen LogP contribution in [0.3, 0.4) is 0 Å². The Morgan fingerprint density at radius 2 is 1.93 bits per heavy atom. The number of benzene rings is 2. The number of aliphatic hydroxyl groups excluding tert-OH is 1. The van der Waals surface area contributed by atoms with Gasteiger partial charge >= 0.3 is 0 Å². The minimum atomic E-state index is -0.351. The monoisotopic (exact) mass is 426 g/mol. The van der Waals surface area contributed by atoms with Crippen LogP contribution in [0.4, 0.5) is 0 Å². The molecular formula is C22H23ClN6O. The molecule has 4 rings (SSSR count). The molecule has 0 saturated carbocycles. The second kappa shape index (κ2) is 9.19. The fourth-order valence-corrected chi connectivity index (χ4v) is 3.51. The van der Waals surface area contributed by atoms with Crippen molar-refractivity contribution in [3.63, 3.8) is 0 Å². The van der Waals surface area contributed by atoms with Crippen LogP contribution in [0, 0.1) is 0 Å². The van der Waals surface area contributed by atoms with Gasteiger partial charge in [0, 0.05) is 18.5 Å². The molecule has 0 aliphatic heterocycles. The van der Waals surface area contributed by atoms with Gasteiger partial charge in [0.15, 0.2) is 5.15 Å². The molecule has 0 unspecified atom stereocenters. The summed E-state index contributed by atoms with van der Waals surface area (Å²) in [6.45, 7) is 1.71. The zero-order chi connectivity index (χ0) is 24.4. The average molecular weight is 427 g/mol. The molecule has 0 bridgehead atoms. The highest BCUT2D eigenvalue weighted by Crippen LogP contribution is 2.30. The van der Waals surface area contributed by atoms with E-state index in [2.05, 4.69) is 32.5 Å². The molecule has 4 aromatic rings. The number of nitrogens with zero attached hydrogens (tertiary/aromatic N) is 5. The molecule has 7 nitrogen and oxygen atoms in total. The molecule has 8 heteroatoms. The second-order valence-corrected chi connectivity index (χ2v) is 7.11. The number of halogens is 1. The van der Waals surface area contributed by atoms with E-state index in [9.17, 15) is 5.11 Å². The standard InChI is InChI=1S/C22H23ClN6O/c1-2-3-8-20-24-21(23)19(14-30)29(20)13-15-9-11-16(12-10-15)17-6-4-5-7-18(17)22-25-27-28-26-22/h4-7,9-12,30H,2-3,8,13-14H2,1H3,(H,25,26,27,28)/i9D,10D,11D,12D. The van der Waals surface area contributed by atoms with Crippen LogP contribution in [-0.2, 0) is 19.6 Å². The molecule has 30 heavy (non-hydrogen) atoms. The van der Waals surface area contributed by atoms with Crippen molar-refractivity contribution in [3.05, 3.63) is 70.7 Å². The maximum atomic E-state index is 9.85. The number of tetrazole rings is 1. The largest absolute Gasteiger partial charge is 0.390 e. The third-order valence-electron chi connectivity index (χ3n) is 4.78. The minimum absolute atomic E-state index is 0.0108. The number of hydrogen-bond acceptors (Lipinski definition) is 5. The molecule has 0 aliphatic rings. The predicted octanol–water partition coefficient (Wildman–Crippen LogP) is 4.27. The molecule has 2 N–H and O–H groups in total. The van der Waals surface area contributed by atoms with Crippen LogP contribution in [0.2, 0.25) is 5.15 Å². The molecule has 2 aromatic carbocycles. The van der Waals surface area contributed by atoms with E-state index in [0.717, 1.165) is 12.8 Å². The third kappa shape index (κ3) is 4.13. The smallest absolute Gasteiger partial charge is 0.205 e. The summed E-state index contributed by atoms with van der Waals surface area (Å²) in [4.78, 5) is 4.35. The lowest BCUT2D eigenvalue weighted by molar-refractivity contribution is 0.271. The molecule has 0 spiro atoms. The molecule has 0 atom stereocenters. The summed E-state index contributed by atoms with van der Waals surface area (Å²) in [5.74, 6) is 0.928. The minimum Gasteiger partial charge on any atom is -0.390 e. The van der Waals surface area contributed by atoms with E-state index in [1.807, 2.05) is 0 Å². The van der Waals surface area contributed by atoms with Crippen LogP contribution in [0.1, 0.15) is 42.3 Å². The van der Waals surface area contributed by atoms with Gasteiger partial charge in [-0.1, -0.05) is 73.4 Å². The first-order chi connectivity index (χ1) is 16.4. The van der Waals surface area contributed by atoms with Gasteiger partial charge < -0.3 is 9.67 Å². The summed E-state index contributed by atoms with van der Waals surface area (Å²) >= 11 is 6.23. The summed E-state index contributed by atoms with van der Waals surface area (Å²) in [7, 11) is 0. The molecule has 0 saturated heterocycles. The molecule has 0 fully saturated rings. The van der Waals surface area contributed by atoms with E-state index in [0.29, 0.717) is 29.1 Å². The Balaban J connectivity index is 1.85. The highest BCUT2D eigenvalue weighted by molar-refractivity contribution is 6.30. The lowest BCUT2D eigenvalue weighted by atomic mass is 9.98. The van der Waals surface area contributed by atoms with Gasteiger partial charge in [-0.3, -0.25) is 0 Å². The van der Waals surface area contributed by atoms with Gasteiger partial charge in [-0.2, -0.15) is 5.21 Å². The van der Waals surface area contributed by atoms with E-state index >= 15 is 0 Å². The summed E-state index contributed by atoms with van der Waals surface area (Å²) in [5, 5.41) is 24.0. The van der Waals surface area contributed by atoms with Crippen molar-refractivity contribution in [2.75, 3.05) is 0 Å². The highest BCUT2D eigenvalue weighted by Gasteiger charge is 2.16. The number of nitrogens with one attached hydrogen (secondary N) is 1. The van der Waals surface area contributed by atoms with Crippen LogP contribution < -0.4 is 0 Å². The second-order valence-electron chi connectivity index (χ2n) is 6.75. The maximum absolute atomic E-state index is 9.85. The van der Waals surface area contributed by atoms with Gasteiger partial charge in [0.05, 0.1) is 17.8 Å². The molecule has 0 radical (unpaired) electrons. The Hall–Kier alpha value is -3.03. The Morgan fingerprint density at radius 3 is 2.60 bits per heavy atom. The van der Waals surface area contributed by atoms with Crippen molar-refractivity contribution in [1.82, 2.24) is 30.2 Å². The van der Waals surface area contributed by atoms with Crippen molar-refractivity contribution in [3.8, 4) is 22.5 Å². The SMILES string of the molecule is [2H]c1c([2H])c(-c2ccccc2-c2nn[nH]n2)c([2H])c([2H])c1Cn1c(CCCC)nc(Cl)c1CO. The van der Waals surface area contributed by atoms with Gasteiger partial charge in [0.25, 0.3) is 0 Å². The Morgan fingerprint density at radius 1 is 1.17 bits per heavy atom. The van der Waals surface area contributed by atoms with Gasteiger partial charge in [-0.25, -0.2) is 4.98 Å². The van der Waals surface area contributed by atoms with Gasteiger partial charge in [0.2, 0.25) is 5.82 Å². The average Bonchev–Trinajstić information content (AvgIpc) is 3.47. The van der Waals surface area contributed by atoms with Gasteiger partial charge in [-0.15, -0.1) is 10.2 Å². The number of aryl methyl sites for hydroxylation is 1. The van der Waals surface area contributed by atoms with E-state index in [1.165, 1.54) is 0 Å². The third-order valence-corrected chi connectivity index (χ3v) is 5.08. The number of aromatic nitrogens is 6. The lowest BCUT2D eigenvalue weighted by Crippen LogP contribution is -2.09. The summed E-state index contributed by atoms with van der Waals surface area (Å²) < 4.78 is 36.5. The number of aliphatic hydroxyl groups is 1. The summed E-state index contributed by atoms with van der Waals surface area (Å²) in [5.41, 5.74) is 1.73. The predicted molar refractivity (Wildman–Crippen MR) is 116 cm³/mol. The number of rotatable bonds is 8. The van der Waals surface area contributed by atoms with Crippen LogP contribution in [0.25, 0.3) is 22.5 Å². The fraction of sp³-hybridized carbons (Fsp3) is 0.273. The van der Waals surface area contributed by atoms with E-state index in [4.69, 9.17) is 17.1 Å². The molecular weight excluding hydrogens is 400 g/mol. The van der Waals surface area contributed by atoms with Crippen molar-refractivity contribution in [1.29, 1.82) is 0 Å². The normalized spacial score (nSPS) is 13.0. The molecule has 2 aromatic heterocycles. The van der Waals surface area contributed by atoms with Crippen molar-refractivity contribution in [2.45, 2.75) is 39.3 Å². The summed E-state index contributed by atoms with van der Waals surface area (Å²) in [6.07, 6.45) is 2.42. The van der Waals surface area contributed by atoms with Crippen LogP contribution in [-0.4, -0.2) is 35.3 Å². The molecule has 154 valence electrons.